The van der Waals surface area contributed by atoms with Crippen LogP contribution in [0.3, 0.4) is 0 Å². The van der Waals surface area contributed by atoms with E-state index in [-0.39, 0.29) is 11.9 Å². The van der Waals surface area contributed by atoms with Gasteiger partial charge in [-0.15, -0.1) is 0 Å². The number of hydrogen-bond acceptors (Lipinski definition) is 6. The monoisotopic (exact) mass is 326 g/mol. The van der Waals surface area contributed by atoms with E-state index in [1.165, 1.54) is 0 Å². The summed E-state index contributed by atoms with van der Waals surface area (Å²) in [5, 5.41) is 19.2. The van der Waals surface area contributed by atoms with Gasteiger partial charge in [-0.2, -0.15) is 5.10 Å². The number of piperidine rings is 1. The van der Waals surface area contributed by atoms with Crippen LogP contribution in [0.4, 0.5) is 0 Å². The van der Waals surface area contributed by atoms with Crippen LogP contribution in [0.1, 0.15) is 18.4 Å². The molecule has 0 saturated carbocycles. The molecule has 3 aliphatic rings. The highest BCUT2D eigenvalue weighted by atomic mass is 16.3. The van der Waals surface area contributed by atoms with Gasteiger partial charge >= 0.3 is 0 Å². The largest absolute Gasteiger partial charge is 0.508 e. The minimum Gasteiger partial charge on any atom is -0.508 e. The summed E-state index contributed by atoms with van der Waals surface area (Å²) in [5.41, 5.74) is 7.59. The maximum Gasteiger partial charge on any atom is 0.155 e. The van der Waals surface area contributed by atoms with Crippen molar-refractivity contribution in [3.8, 4) is 5.75 Å². The van der Waals surface area contributed by atoms with Gasteiger partial charge in [0, 0.05) is 6.42 Å². The first kappa shape index (κ1) is 15.0. The van der Waals surface area contributed by atoms with Crippen LogP contribution < -0.4 is 16.2 Å². The lowest BCUT2D eigenvalue weighted by Crippen LogP contribution is -2.53. The average molecular weight is 326 g/mol. The van der Waals surface area contributed by atoms with Crippen LogP contribution in [0.2, 0.25) is 0 Å². The van der Waals surface area contributed by atoms with Crippen LogP contribution in [-0.2, 0) is 6.42 Å². The van der Waals surface area contributed by atoms with Crippen molar-refractivity contribution in [1.82, 2.24) is 21.2 Å². The molecule has 1 aromatic carbocycles. The van der Waals surface area contributed by atoms with Gasteiger partial charge in [-0.25, -0.2) is 5.01 Å². The number of fused-ring (bicyclic) bond motifs is 1. The minimum absolute atomic E-state index is 0.0177. The second-order valence-electron chi connectivity index (χ2n) is 6.28. The predicted molar refractivity (Wildman–Crippen MR) is 93.6 cm³/mol. The number of phenols is 1. The number of nitrogens with one attached hydrogen (secondary N) is 3. The van der Waals surface area contributed by atoms with E-state index in [1.54, 1.807) is 12.1 Å². The van der Waals surface area contributed by atoms with E-state index in [0.29, 0.717) is 12.5 Å². The number of aliphatic imine (C=N–C) groups is 1. The Balaban J connectivity index is 1.45. The van der Waals surface area contributed by atoms with Gasteiger partial charge in [0.05, 0.1) is 6.04 Å². The predicted octanol–water partition coefficient (Wildman–Crippen LogP) is 0.704. The van der Waals surface area contributed by atoms with E-state index in [2.05, 4.69) is 27.3 Å². The highest BCUT2D eigenvalue weighted by Crippen LogP contribution is 2.16. The molecule has 0 bridgehead atoms. The first-order valence-electron chi connectivity index (χ1n) is 8.40. The van der Waals surface area contributed by atoms with Crippen LogP contribution in [0.5, 0.6) is 5.75 Å². The third-order valence-corrected chi connectivity index (χ3v) is 4.48. The van der Waals surface area contributed by atoms with Gasteiger partial charge in [0.1, 0.15) is 17.4 Å². The molecule has 1 fully saturated rings. The van der Waals surface area contributed by atoms with E-state index in [4.69, 9.17) is 4.99 Å². The first-order chi connectivity index (χ1) is 11.8. The Bertz CT molecular complexity index is 675. The second-order valence-corrected chi connectivity index (χ2v) is 6.28. The van der Waals surface area contributed by atoms with Gasteiger partial charge in [-0.3, -0.25) is 15.8 Å². The quantitative estimate of drug-likeness (QED) is 0.657. The summed E-state index contributed by atoms with van der Waals surface area (Å²) in [4.78, 5) is 4.83. The van der Waals surface area contributed by atoms with Gasteiger partial charge < -0.3 is 10.4 Å². The molecule has 0 amide bonds. The van der Waals surface area contributed by atoms with Crippen molar-refractivity contribution in [1.29, 1.82) is 0 Å². The number of nitrogens with zero attached hydrogens (tertiary/aromatic N) is 3. The van der Waals surface area contributed by atoms with Gasteiger partial charge in [-0.1, -0.05) is 12.1 Å². The van der Waals surface area contributed by atoms with Crippen LogP contribution in [0.15, 0.2) is 46.5 Å². The summed E-state index contributed by atoms with van der Waals surface area (Å²) in [6.07, 6.45) is 6.96. The van der Waals surface area contributed by atoms with E-state index in [1.807, 2.05) is 23.2 Å². The van der Waals surface area contributed by atoms with Gasteiger partial charge in [0.15, 0.2) is 6.17 Å². The van der Waals surface area contributed by atoms with Crippen molar-refractivity contribution in [2.24, 2.45) is 10.1 Å². The van der Waals surface area contributed by atoms with Crippen molar-refractivity contribution in [2.45, 2.75) is 31.5 Å². The maximum atomic E-state index is 9.40. The molecule has 126 valence electrons. The number of hydrazone groups is 1. The number of hydrogen-bond donors (Lipinski definition) is 4. The third kappa shape index (κ3) is 3.21. The normalized spacial score (nSPS) is 25.2. The molecular weight excluding hydrogens is 304 g/mol. The van der Waals surface area contributed by atoms with Crippen molar-refractivity contribution in [3.05, 3.63) is 42.0 Å². The standard InChI is InChI=1S/C17H22N6O/c24-14-3-1-12(2-4-14)11-17-21-20-16-6-5-15(22-23(16)17)19-13-7-9-18-10-8-13/h1-6,13,16,18,20,24H,7-11H2,(H,19,22). The third-order valence-electron chi connectivity index (χ3n) is 4.48. The molecule has 1 aromatic rings. The summed E-state index contributed by atoms with van der Waals surface area (Å²) >= 11 is 0. The summed E-state index contributed by atoms with van der Waals surface area (Å²) in [7, 11) is 0. The number of benzene rings is 1. The summed E-state index contributed by atoms with van der Waals surface area (Å²) in [5.74, 6) is 2.08. The zero-order valence-electron chi connectivity index (χ0n) is 13.4. The molecular formula is C17H22N6O. The van der Waals surface area contributed by atoms with Crippen molar-refractivity contribution < 1.29 is 5.11 Å². The van der Waals surface area contributed by atoms with E-state index < -0.39 is 0 Å². The Labute approximate surface area is 141 Å². The fraction of sp³-hybridized carbons (Fsp3) is 0.412. The summed E-state index contributed by atoms with van der Waals surface area (Å²) in [6.45, 7) is 2.07. The lowest BCUT2D eigenvalue weighted by atomic mass is 10.1. The van der Waals surface area contributed by atoms with Crippen LogP contribution >= 0.6 is 0 Å². The van der Waals surface area contributed by atoms with Crippen molar-refractivity contribution in [3.63, 3.8) is 0 Å². The Morgan fingerprint density at radius 3 is 2.79 bits per heavy atom. The Morgan fingerprint density at radius 2 is 2.00 bits per heavy atom. The highest BCUT2D eigenvalue weighted by molar-refractivity contribution is 5.97. The molecule has 3 heterocycles. The number of hydrazine groups is 1. The molecule has 7 heteroatoms. The molecule has 3 aliphatic heterocycles. The molecule has 1 saturated heterocycles. The van der Waals surface area contributed by atoms with Crippen LogP contribution in [-0.4, -0.2) is 47.1 Å². The van der Waals surface area contributed by atoms with E-state index >= 15 is 0 Å². The van der Waals surface area contributed by atoms with Gasteiger partial charge in [-0.05, 0) is 55.8 Å². The molecule has 24 heavy (non-hydrogen) atoms. The molecule has 1 unspecified atom stereocenters. The Kier molecular flexibility index (Phi) is 4.08. The SMILES string of the molecule is Oc1ccc(CC2=NNC3C=CC(=NC4CCNCC4)NN23)cc1. The average Bonchev–Trinajstić information content (AvgIpc) is 3.00. The smallest absolute Gasteiger partial charge is 0.155 e. The molecule has 1 atom stereocenters. The van der Waals surface area contributed by atoms with Crippen molar-refractivity contribution in [2.75, 3.05) is 13.1 Å². The van der Waals surface area contributed by atoms with Crippen LogP contribution in [0.25, 0.3) is 0 Å². The number of rotatable bonds is 3. The molecule has 0 radical (unpaired) electrons. The molecule has 4 N–H and O–H groups in total. The van der Waals surface area contributed by atoms with Gasteiger partial charge in [0.25, 0.3) is 0 Å². The lowest BCUT2D eigenvalue weighted by Gasteiger charge is -2.30. The Morgan fingerprint density at radius 1 is 1.21 bits per heavy atom. The fourth-order valence-corrected chi connectivity index (χ4v) is 3.14. The molecule has 0 aromatic heterocycles. The lowest BCUT2D eigenvalue weighted by molar-refractivity contribution is 0.304. The summed E-state index contributed by atoms with van der Waals surface area (Å²) in [6, 6.07) is 7.60. The Hall–Kier alpha value is -2.54. The number of phenolic OH excluding ortho intramolecular Hbond substituents is 1. The molecule has 0 spiro atoms. The molecule has 4 rings (SSSR count). The first-order valence-corrected chi connectivity index (χ1v) is 8.40. The number of amidine groups is 2. The molecule has 7 nitrogen and oxygen atoms in total. The maximum absolute atomic E-state index is 9.40. The van der Waals surface area contributed by atoms with E-state index in [9.17, 15) is 5.11 Å². The number of aromatic hydroxyl groups is 1. The molecule has 0 aliphatic carbocycles. The minimum atomic E-state index is 0.0177. The fourth-order valence-electron chi connectivity index (χ4n) is 3.14. The highest BCUT2D eigenvalue weighted by Gasteiger charge is 2.29. The zero-order chi connectivity index (χ0) is 16.4. The van der Waals surface area contributed by atoms with Crippen molar-refractivity contribution >= 4 is 11.7 Å². The summed E-state index contributed by atoms with van der Waals surface area (Å²) < 4.78 is 0. The van der Waals surface area contributed by atoms with E-state index in [0.717, 1.165) is 43.2 Å². The van der Waals surface area contributed by atoms with Gasteiger partial charge in [0.2, 0.25) is 0 Å². The second kappa shape index (κ2) is 6.52. The van der Waals surface area contributed by atoms with Crippen LogP contribution in [0, 0.1) is 0 Å². The zero-order valence-corrected chi connectivity index (χ0v) is 13.4. The topological polar surface area (TPSA) is 84.3 Å².